The van der Waals surface area contributed by atoms with Crippen LogP contribution in [-0.4, -0.2) is 26.1 Å². The number of amides is 1. The van der Waals surface area contributed by atoms with E-state index in [4.69, 9.17) is 15.2 Å². The lowest BCUT2D eigenvalue weighted by atomic mass is 10.1. The van der Waals surface area contributed by atoms with Crippen molar-refractivity contribution in [3.8, 4) is 11.5 Å². The van der Waals surface area contributed by atoms with E-state index in [0.29, 0.717) is 30.4 Å². The molecule has 1 amide bonds. The summed E-state index contributed by atoms with van der Waals surface area (Å²) in [6, 6.07) is 13.0. The first-order chi connectivity index (χ1) is 13.4. The number of hydrogen-bond donors (Lipinski definition) is 3. The van der Waals surface area contributed by atoms with Gasteiger partial charge in [-0.2, -0.15) is 0 Å². The minimum absolute atomic E-state index is 0.00489. The van der Waals surface area contributed by atoms with Gasteiger partial charge in [0.05, 0.1) is 20.8 Å². The number of hydrogen-bond acceptors (Lipinski definition) is 4. The Kier molecular flexibility index (Phi) is 7.68. The number of nitrogens with one attached hydrogen (secondary N) is 2. The summed E-state index contributed by atoms with van der Waals surface area (Å²) in [7, 11) is 3.16. The summed E-state index contributed by atoms with van der Waals surface area (Å²) >= 11 is 0. The Morgan fingerprint density at radius 1 is 1.04 bits per heavy atom. The molecule has 0 saturated carbocycles. The van der Waals surface area contributed by atoms with Crippen molar-refractivity contribution >= 4 is 23.2 Å². The number of rotatable bonds is 8. The largest absolute Gasteiger partial charge is 0.493 e. The van der Waals surface area contributed by atoms with Gasteiger partial charge in [-0.05, 0) is 35.7 Å². The van der Waals surface area contributed by atoms with E-state index in [0.717, 1.165) is 16.9 Å². The number of carbonyl (C=O) groups is 1. The fourth-order valence-corrected chi connectivity index (χ4v) is 2.61. The van der Waals surface area contributed by atoms with Crippen molar-refractivity contribution in [2.45, 2.75) is 26.8 Å². The second-order valence-corrected chi connectivity index (χ2v) is 6.74. The first kappa shape index (κ1) is 21.1. The summed E-state index contributed by atoms with van der Waals surface area (Å²) in [5.41, 5.74) is 8.43. The molecular formula is C21H28N4O3. The van der Waals surface area contributed by atoms with Crippen LogP contribution in [0.1, 0.15) is 25.8 Å². The van der Waals surface area contributed by atoms with Crippen molar-refractivity contribution in [1.29, 1.82) is 0 Å². The van der Waals surface area contributed by atoms with E-state index >= 15 is 0 Å². The van der Waals surface area contributed by atoms with Crippen LogP contribution in [0.3, 0.4) is 0 Å². The molecule has 0 radical (unpaired) electrons. The van der Waals surface area contributed by atoms with Crippen molar-refractivity contribution in [2.75, 3.05) is 24.9 Å². The molecule has 4 N–H and O–H groups in total. The Morgan fingerprint density at radius 3 is 2.43 bits per heavy atom. The molecule has 28 heavy (non-hydrogen) atoms. The lowest BCUT2D eigenvalue weighted by Gasteiger charge is -2.11. The zero-order chi connectivity index (χ0) is 20.5. The molecule has 2 rings (SSSR count). The van der Waals surface area contributed by atoms with Gasteiger partial charge < -0.3 is 25.8 Å². The van der Waals surface area contributed by atoms with Gasteiger partial charge in [0.25, 0.3) is 0 Å². The maximum atomic E-state index is 11.9. The van der Waals surface area contributed by atoms with Crippen molar-refractivity contribution in [2.24, 2.45) is 16.6 Å². The van der Waals surface area contributed by atoms with Gasteiger partial charge in [0, 0.05) is 23.9 Å². The van der Waals surface area contributed by atoms with Gasteiger partial charge >= 0.3 is 0 Å². The zero-order valence-corrected chi connectivity index (χ0v) is 16.8. The second kappa shape index (κ2) is 10.2. The van der Waals surface area contributed by atoms with Crippen LogP contribution in [-0.2, 0) is 11.3 Å². The van der Waals surface area contributed by atoms with Gasteiger partial charge in [0.1, 0.15) is 0 Å². The van der Waals surface area contributed by atoms with Crippen molar-refractivity contribution in [3.05, 3.63) is 48.0 Å². The number of anilines is 2. The molecule has 0 aliphatic rings. The smallest absolute Gasteiger partial charge is 0.224 e. The Hall–Kier alpha value is -3.22. The van der Waals surface area contributed by atoms with Crippen LogP contribution in [0.25, 0.3) is 0 Å². The number of methoxy groups -OCH3 is 2. The summed E-state index contributed by atoms with van der Waals surface area (Å²) in [5, 5.41) is 5.93. The summed E-state index contributed by atoms with van der Waals surface area (Å²) in [6.07, 6.45) is 0.491. The summed E-state index contributed by atoms with van der Waals surface area (Å²) in [4.78, 5) is 16.3. The topological polar surface area (TPSA) is 98.0 Å². The van der Waals surface area contributed by atoms with Crippen molar-refractivity contribution < 1.29 is 14.3 Å². The van der Waals surface area contributed by atoms with E-state index in [9.17, 15) is 4.79 Å². The molecule has 0 heterocycles. The molecule has 0 aliphatic heterocycles. The molecule has 0 bridgehead atoms. The molecule has 0 atom stereocenters. The van der Waals surface area contributed by atoms with Crippen LogP contribution in [0.2, 0.25) is 0 Å². The highest BCUT2D eigenvalue weighted by Crippen LogP contribution is 2.29. The van der Waals surface area contributed by atoms with Gasteiger partial charge in [0.15, 0.2) is 17.5 Å². The Balaban J connectivity index is 1.99. The third-order valence-corrected chi connectivity index (χ3v) is 3.89. The minimum Gasteiger partial charge on any atom is -0.493 e. The van der Waals surface area contributed by atoms with E-state index in [1.165, 1.54) is 0 Å². The van der Waals surface area contributed by atoms with Crippen LogP contribution in [0.15, 0.2) is 47.5 Å². The number of nitrogens with two attached hydrogens (primary N) is 1. The number of aliphatic imine (C=N–C) groups is 1. The Morgan fingerprint density at radius 2 is 1.75 bits per heavy atom. The predicted octanol–water partition coefficient (Wildman–Crippen LogP) is 3.62. The Bertz CT molecular complexity index is 834. The SMILES string of the molecule is COc1ccc(NC(N)=NCc2cccc(NC(=O)CC(C)C)c2)cc1OC. The average Bonchev–Trinajstić information content (AvgIpc) is 2.66. The molecule has 2 aromatic carbocycles. The van der Waals surface area contributed by atoms with Crippen LogP contribution >= 0.6 is 0 Å². The van der Waals surface area contributed by atoms with E-state index in [1.54, 1.807) is 26.4 Å². The van der Waals surface area contributed by atoms with Gasteiger partial charge in [-0.25, -0.2) is 4.99 Å². The number of nitrogens with zero attached hydrogens (tertiary/aromatic N) is 1. The van der Waals surface area contributed by atoms with E-state index < -0.39 is 0 Å². The Labute approximate surface area is 165 Å². The quantitative estimate of drug-likeness (QED) is 0.477. The van der Waals surface area contributed by atoms with Crippen molar-refractivity contribution in [3.63, 3.8) is 0 Å². The molecule has 0 unspecified atom stereocenters. The molecule has 0 saturated heterocycles. The molecule has 0 fully saturated rings. The van der Waals surface area contributed by atoms with Gasteiger partial charge in [0.2, 0.25) is 5.91 Å². The van der Waals surface area contributed by atoms with E-state index in [1.807, 2.05) is 44.2 Å². The number of carbonyl (C=O) groups excluding carboxylic acids is 1. The lowest BCUT2D eigenvalue weighted by molar-refractivity contribution is -0.116. The van der Waals surface area contributed by atoms with Crippen LogP contribution < -0.4 is 25.8 Å². The highest BCUT2D eigenvalue weighted by atomic mass is 16.5. The molecule has 0 aromatic heterocycles. The fourth-order valence-electron chi connectivity index (χ4n) is 2.61. The van der Waals surface area contributed by atoms with Crippen LogP contribution in [0, 0.1) is 5.92 Å². The van der Waals surface area contributed by atoms with E-state index in [2.05, 4.69) is 15.6 Å². The highest BCUT2D eigenvalue weighted by molar-refractivity contribution is 5.92. The fraction of sp³-hybridized carbons (Fsp3) is 0.333. The van der Waals surface area contributed by atoms with Crippen LogP contribution in [0.4, 0.5) is 11.4 Å². The summed E-state index contributed by atoms with van der Waals surface area (Å²) in [6.45, 7) is 4.41. The lowest BCUT2D eigenvalue weighted by Crippen LogP contribution is -2.22. The molecule has 7 heteroatoms. The number of benzene rings is 2. The third-order valence-electron chi connectivity index (χ3n) is 3.89. The maximum Gasteiger partial charge on any atom is 0.224 e. The first-order valence-electron chi connectivity index (χ1n) is 9.09. The van der Waals surface area contributed by atoms with Crippen LogP contribution in [0.5, 0.6) is 11.5 Å². The number of ether oxygens (including phenoxy) is 2. The molecule has 0 aliphatic carbocycles. The van der Waals surface area contributed by atoms with E-state index in [-0.39, 0.29) is 11.9 Å². The average molecular weight is 384 g/mol. The van der Waals surface area contributed by atoms with Gasteiger partial charge in [-0.15, -0.1) is 0 Å². The third kappa shape index (κ3) is 6.50. The van der Waals surface area contributed by atoms with Crippen molar-refractivity contribution in [1.82, 2.24) is 0 Å². The minimum atomic E-state index is 0.00489. The van der Waals surface area contributed by atoms with Gasteiger partial charge in [-0.3, -0.25) is 4.79 Å². The molecule has 7 nitrogen and oxygen atoms in total. The normalized spacial score (nSPS) is 11.2. The summed E-state index contributed by atoms with van der Waals surface area (Å²) in [5.74, 6) is 1.84. The highest BCUT2D eigenvalue weighted by Gasteiger charge is 2.07. The summed E-state index contributed by atoms with van der Waals surface area (Å²) < 4.78 is 10.5. The standard InChI is InChI=1S/C21H28N4O3/c1-14(2)10-20(26)24-16-7-5-6-15(11-16)13-23-21(22)25-17-8-9-18(27-3)19(12-17)28-4/h5-9,11-12,14H,10,13H2,1-4H3,(H,24,26)(H3,22,23,25). The maximum absolute atomic E-state index is 11.9. The predicted molar refractivity (Wildman–Crippen MR) is 113 cm³/mol. The number of guanidine groups is 1. The second-order valence-electron chi connectivity index (χ2n) is 6.74. The molecule has 0 spiro atoms. The van der Waals surface area contributed by atoms with Gasteiger partial charge in [-0.1, -0.05) is 26.0 Å². The molecular weight excluding hydrogens is 356 g/mol. The molecule has 150 valence electrons. The first-order valence-corrected chi connectivity index (χ1v) is 9.09. The zero-order valence-electron chi connectivity index (χ0n) is 16.8. The monoisotopic (exact) mass is 384 g/mol. The molecule has 2 aromatic rings.